The SMILES string of the molecule is COCCn1cc(-c2ccc(Cl)c(F)c2)c2c(=O)n(CC(=O)N3CCCC3)cnc21. The van der Waals surface area contributed by atoms with E-state index in [1.807, 2.05) is 0 Å². The van der Waals surface area contributed by atoms with Crippen LogP contribution in [-0.2, 0) is 22.6 Å². The lowest BCUT2D eigenvalue weighted by Gasteiger charge is -2.15. The lowest BCUT2D eigenvalue weighted by Crippen LogP contribution is -2.34. The Morgan fingerprint density at radius 1 is 1.27 bits per heavy atom. The minimum atomic E-state index is -0.569. The number of carbonyl (C=O) groups excluding carboxylic acids is 1. The van der Waals surface area contributed by atoms with Crippen LogP contribution in [0.25, 0.3) is 22.2 Å². The van der Waals surface area contributed by atoms with E-state index in [9.17, 15) is 14.0 Å². The van der Waals surface area contributed by atoms with Crippen LogP contribution in [0, 0.1) is 5.82 Å². The normalized spacial score (nSPS) is 14.0. The fourth-order valence-electron chi connectivity index (χ4n) is 3.78. The molecule has 158 valence electrons. The maximum Gasteiger partial charge on any atom is 0.263 e. The van der Waals surface area contributed by atoms with Crippen molar-refractivity contribution in [3.8, 4) is 11.1 Å². The van der Waals surface area contributed by atoms with Gasteiger partial charge in [0.15, 0.2) is 0 Å². The molecular weight excluding hydrogens is 411 g/mol. The number of methoxy groups -OCH3 is 1. The van der Waals surface area contributed by atoms with Crippen LogP contribution in [0.4, 0.5) is 4.39 Å². The van der Waals surface area contributed by atoms with Crippen LogP contribution in [0.5, 0.6) is 0 Å². The number of halogens is 2. The van der Waals surface area contributed by atoms with E-state index in [1.54, 1.807) is 28.8 Å². The molecule has 3 aromatic rings. The monoisotopic (exact) mass is 432 g/mol. The van der Waals surface area contributed by atoms with Gasteiger partial charge in [-0.2, -0.15) is 0 Å². The number of rotatable bonds is 6. The highest BCUT2D eigenvalue weighted by Gasteiger charge is 2.21. The zero-order chi connectivity index (χ0) is 21.3. The molecule has 0 N–H and O–H groups in total. The molecule has 2 aromatic heterocycles. The molecule has 7 nitrogen and oxygen atoms in total. The first kappa shape index (κ1) is 20.6. The van der Waals surface area contributed by atoms with Gasteiger partial charge in [-0.15, -0.1) is 0 Å². The van der Waals surface area contributed by atoms with Gasteiger partial charge in [-0.1, -0.05) is 17.7 Å². The second kappa shape index (κ2) is 8.57. The van der Waals surface area contributed by atoms with Crippen LogP contribution in [0.2, 0.25) is 5.02 Å². The Hall–Kier alpha value is -2.71. The zero-order valence-electron chi connectivity index (χ0n) is 16.6. The van der Waals surface area contributed by atoms with E-state index in [-0.39, 0.29) is 23.0 Å². The lowest BCUT2D eigenvalue weighted by atomic mass is 10.1. The second-order valence-corrected chi connectivity index (χ2v) is 7.73. The summed E-state index contributed by atoms with van der Waals surface area (Å²) in [5, 5.41) is 0.346. The summed E-state index contributed by atoms with van der Waals surface area (Å²) >= 11 is 5.82. The number of fused-ring (bicyclic) bond motifs is 1. The van der Waals surface area contributed by atoms with Gasteiger partial charge >= 0.3 is 0 Å². The topological polar surface area (TPSA) is 69.4 Å². The molecular formula is C21H22ClFN4O3. The lowest BCUT2D eigenvalue weighted by molar-refractivity contribution is -0.130. The predicted molar refractivity (Wildman–Crippen MR) is 112 cm³/mol. The molecule has 0 atom stereocenters. The molecule has 0 saturated carbocycles. The standard InChI is InChI=1S/C21H22ClFN4O3/c1-30-9-8-26-11-15(14-4-5-16(22)17(23)10-14)19-20(26)24-13-27(21(19)29)12-18(28)25-6-2-3-7-25/h4-5,10-11,13H,2-3,6-9,12H2,1H3. The number of hydrogen-bond acceptors (Lipinski definition) is 4. The molecule has 1 aromatic carbocycles. The van der Waals surface area contributed by atoms with Crippen molar-refractivity contribution >= 4 is 28.5 Å². The molecule has 1 amide bonds. The number of benzene rings is 1. The molecule has 0 spiro atoms. The van der Waals surface area contributed by atoms with Crippen molar-refractivity contribution in [2.75, 3.05) is 26.8 Å². The van der Waals surface area contributed by atoms with Crippen molar-refractivity contribution in [3.63, 3.8) is 0 Å². The fraction of sp³-hybridized carbons (Fsp3) is 0.381. The zero-order valence-corrected chi connectivity index (χ0v) is 17.4. The molecule has 9 heteroatoms. The van der Waals surface area contributed by atoms with Crippen LogP contribution < -0.4 is 5.56 Å². The molecule has 0 radical (unpaired) electrons. The first-order valence-electron chi connectivity index (χ1n) is 9.80. The number of aromatic nitrogens is 3. The van der Waals surface area contributed by atoms with E-state index in [2.05, 4.69) is 4.98 Å². The average Bonchev–Trinajstić information content (AvgIpc) is 3.39. The van der Waals surface area contributed by atoms with Crippen LogP contribution in [0.1, 0.15) is 12.8 Å². The van der Waals surface area contributed by atoms with Crippen LogP contribution in [0.15, 0.2) is 35.5 Å². The van der Waals surface area contributed by atoms with Crippen molar-refractivity contribution in [2.45, 2.75) is 25.9 Å². The van der Waals surface area contributed by atoms with E-state index in [1.165, 1.54) is 23.0 Å². The Kier molecular flexibility index (Phi) is 5.87. The number of nitrogens with zero attached hydrogens (tertiary/aromatic N) is 4. The Bertz CT molecular complexity index is 1150. The van der Waals surface area contributed by atoms with Crippen molar-refractivity contribution in [3.05, 3.63) is 51.9 Å². The van der Waals surface area contributed by atoms with Gasteiger partial charge in [0.2, 0.25) is 5.91 Å². The molecule has 3 heterocycles. The summed E-state index contributed by atoms with van der Waals surface area (Å²) in [6, 6.07) is 4.41. The smallest absolute Gasteiger partial charge is 0.263 e. The molecule has 1 fully saturated rings. The molecule has 1 aliphatic rings. The van der Waals surface area contributed by atoms with Gasteiger partial charge in [-0.3, -0.25) is 14.2 Å². The molecule has 0 aliphatic carbocycles. The van der Waals surface area contributed by atoms with E-state index in [4.69, 9.17) is 16.3 Å². The minimum absolute atomic E-state index is 0.00798. The average molecular weight is 433 g/mol. The summed E-state index contributed by atoms with van der Waals surface area (Å²) in [5.74, 6) is -0.672. The Morgan fingerprint density at radius 2 is 2.03 bits per heavy atom. The summed E-state index contributed by atoms with van der Waals surface area (Å²) in [6.45, 7) is 2.26. The second-order valence-electron chi connectivity index (χ2n) is 7.32. The van der Waals surface area contributed by atoms with Gasteiger partial charge in [0.05, 0.1) is 17.0 Å². The number of ether oxygens (including phenoxy) is 1. The Balaban J connectivity index is 1.81. The molecule has 4 rings (SSSR count). The van der Waals surface area contributed by atoms with E-state index >= 15 is 0 Å². The third kappa shape index (κ3) is 3.85. The molecule has 0 unspecified atom stereocenters. The molecule has 0 bridgehead atoms. The van der Waals surface area contributed by atoms with Gasteiger partial charge in [-0.25, -0.2) is 9.37 Å². The quantitative estimate of drug-likeness (QED) is 0.600. The third-order valence-corrected chi connectivity index (χ3v) is 5.68. The first-order chi connectivity index (χ1) is 14.5. The molecule has 1 aliphatic heterocycles. The summed E-state index contributed by atoms with van der Waals surface area (Å²) in [7, 11) is 1.59. The van der Waals surface area contributed by atoms with Crippen molar-refractivity contribution in [1.82, 2.24) is 19.0 Å². The molecule has 1 saturated heterocycles. The largest absolute Gasteiger partial charge is 0.383 e. The number of carbonyl (C=O) groups is 1. The van der Waals surface area contributed by atoms with Gasteiger partial charge in [0.1, 0.15) is 24.3 Å². The van der Waals surface area contributed by atoms with Gasteiger partial charge in [-0.05, 0) is 30.5 Å². The highest BCUT2D eigenvalue weighted by Crippen LogP contribution is 2.30. The van der Waals surface area contributed by atoms with Crippen molar-refractivity contribution < 1.29 is 13.9 Å². The fourth-order valence-corrected chi connectivity index (χ4v) is 3.90. The summed E-state index contributed by atoms with van der Waals surface area (Å²) < 4.78 is 22.4. The van der Waals surface area contributed by atoms with Gasteiger partial charge in [0, 0.05) is 38.5 Å². The van der Waals surface area contributed by atoms with Gasteiger partial charge < -0.3 is 14.2 Å². The summed E-state index contributed by atoms with van der Waals surface area (Å²) in [4.78, 5) is 32.0. The van der Waals surface area contributed by atoms with E-state index in [0.29, 0.717) is 48.4 Å². The minimum Gasteiger partial charge on any atom is -0.383 e. The summed E-state index contributed by atoms with van der Waals surface area (Å²) in [6.07, 6.45) is 5.11. The van der Waals surface area contributed by atoms with Crippen molar-refractivity contribution in [1.29, 1.82) is 0 Å². The Morgan fingerprint density at radius 3 is 2.73 bits per heavy atom. The van der Waals surface area contributed by atoms with Crippen LogP contribution >= 0.6 is 11.6 Å². The van der Waals surface area contributed by atoms with Crippen LogP contribution in [-0.4, -0.2) is 51.7 Å². The summed E-state index contributed by atoms with van der Waals surface area (Å²) in [5.41, 5.74) is 1.18. The maximum absolute atomic E-state index is 14.1. The molecule has 30 heavy (non-hydrogen) atoms. The first-order valence-corrected chi connectivity index (χ1v) is 10.2. The maximum atomic E-state index is 14.1. The number of likely N-dealkylation sites (tertiary alicyclic amines) is 1. The Labute approximate surface area is 177 Å². The van der Waals surface area contributed by atoms with E-state index in [0.717, 1.165) is 12.8 Å². The third-order valence-electron chi connectivity index (χ3n) is 5.38. The van der Waals surface area contributed by atoms with Crippen molar-refractivity contribution in [2.24, 2.45) is 0 Å². The van der Waals surface area contributed by atoms with E-state index < -0.39 is 5.82 Å². The van der Waals surface area contributed by atoms with Crippen LogP contribution in [0.3, 0.4) is 0 Å². The predicted octanol–water partition coefficient (Wildman–Crippen LogP) is 2.93. The van der Waals surface area contributed by atoms with Gasteiger partial charge in [0.25, 0.3) is 5.56 Å². The highest BCUT2D eigenvalue weighted by atomic mass is 35.5. The highest BCUT2D eigenvalue weighted by molar-refractivity contribution is 6.30. The number of amides is 1. The number of hydrogen-bond donors (Lipinski definition) is 0.